The molecule has 1 N–H and O–H groups in total. The van der Waals surface area contributed by atoms with Crippen molar-refractivity contribution in [1.82, 2.24) is 19.6 Å². The number of aliphatic hydroxyl groups is 1. The molecule has 1 saturated carbocycles. The van der Waals surface area contributed by atoms with Crippen LogP contribution in [0.5, 0.6) is 5.75 Å². The number of hydrogen-bond acceptors (Lipinski definition) is 11. The van der Waals surface area contributed by atoms with Gasteiger partial charge in [-0.15, -0.1) is 0 Å². The monoisotopic (exact) mass is 1560 g/mol. The molecule has 0 radical (unpaired) electrons. The smallest absolute Gasteiger partial charge is 0.182 e. The summed E-state index contributed by atoms with van der Waals surface area (Å²) >= 11 is 0. The van der Waals surface area contributed by atoms with Crippen LogP contribution in [-0.2, 0) is 33.0 Å². The summed E-state index contributed by atoms with van der Waals surface area (Å²) < 4.78 is 11.5. The average Bonchev–Trinajstić information content (AvgIpc) is 1.53. The number of Topliss-reactive ketones (excluding diaryl/α,β-unsaturated/α-hetero) is 4. The molecule has 8 aromatic carbocycles. The number of aliphatic hydroxyl groups excluding tert-OH is 1. The van der Waals surface area contributed by atoms with Crippen LogP contribution >= 0.6 is 0 Å². The SMILES string of the molecule is CCCCC1(CCCC)c2cc(C)ccc2-c2ccc(C(=O)C(C)(CCC(C)(C(=O)c3ccc4c(c3)C(CCCC)(CCCC)c3cc(C)ccc3-4)N(C)C)N(C)C)cc21.COc1ccc2c(c1)C1(CCC3(CC1)c1cc(CO)ccc1-c1ccc(C(=O)C(C)(C)N4CCCCC4)cc13)c1cc(C(=O)C(C)(C)N3CCOCC3)ccc1-2. The summed E-state index contributed by atoms with van der Waals surface area (Å²) in [5, 5.41) is 10.4. The molecule has 2 heterocycles. The molecule has 8 aromatic rings. The molecule has 614 valence electrons. The van der Waals surface area contributed by atoms with Crippen LogP contribution in [0.2, 0.25) is 0 Å². The fourth-order valence-corrected chi connectivity index (χ4v) is 22.2. The number of benzene rings is 8. The van der Waals surface area contributed by atoms with E-state index in [1.807, 2.05) is 46.4 Å². The lowest BCUT2D eigenvalue weighted by molar-refractivity contribution is -0.00430. The topological polar surface area (TPSA) is 120 Å². The minimum atomic E-state index is -0.823. The standard InChI is InChI=1S/C56H76N2O2.C49H56N2O5/c1-13-17-29-55(30-18-14-2)47-35-39(5)21-25-43(47)45-27-23-41(37-49(45)55)51(59)53(7,57(9)10)33-34-54(8,58(11)12)52(60)42-24-28-46-44-26-22-40(6)36-48(44)56(31-19-15-3,32-20-16-4)50(46)38-42;1-46(2,50-21-7-6-8-22-50)44(53)33-10-14-37-36-13-9-32(31-52)27-40(36)48(41(37)28-33)17-19-49(20-18-48)42-29-34(45(54)47(3,4)51-23-25-56-26-24-51)11-15-38(42)39-16-12-35(55-5)30-43(39)49/h21-28,35-38H,13-20,29-34H2,1-12H3;9-16,27-30,52H,6-8,17-26,31H2,1-5H3. The fourth-order valence-electron chi connectivity index (χ4n) is 22.2. The highest BCUT2D eigenvalue weighted by molar-refractivity contribution is 6.07. The first-order valence-corrected chi connectivity index (χ1v) is 44.4. The van der Waals surface area contributed by atoms with Gasteiger partial charge in [-0.05, 0) is 305 Å². The first-order valence-electron chi connectivity index (χ1n) is 44.4. The number of fused-ring (bicyclic) bond motifs is 16. The number of morpholine rings is 1. The molecular weight excluding hydrogens is 1430 g/mol. The van der Waals surface area contributed by atoms with Gasteiger partial charge in [0.1, 0.15) is 5.75 Å². The fraction of sp³-hybridized carbons (Fsp3) is 0.505. The summed E-state index contributed by atoms with van der Waals surface area (Å²) in [5.74, 6) is 1.40. The van der Waals surface area contributed by atoms with Gasteiger partial charge < -0.3 is 14.6 Å². The zero-order valence-electron chi connectivity index (χ0n) is 73.3. The van der Waals surface area contributed by atoms with Crippen LogP contribution in [0.15, 0.2) is 146 Å². The molecule has 116 heavy (non-hydrogen) atoms. The van der Waals surface area contributed by atoms with E-state index in [-0.39, 0.29) is 51.4 Å². The van der Waals surface area contributed by atoms with Gasteiger partial charge in [-0.2, -0.15) is 0 Å². The number of aryl methyl sites for hydroxylation is 2. The Morgan fingerprint density at radius 3 is 1.09 bits per heavy atom. The Morgan fingerprint density at radius 1 is 0.405 bits per heavy atom. The van der Waals surface area contributed by atoms with Gasteiger partial charge in [-0.25, -0.2) is 0 Å². The third-order valence-corrected chi connectivity index (χ3v) is 30.2. The number of piperidine rings is 1. The van der Waals surface area contributed by atoms with E-state index in [2.05, 4.69) is 230 Å². The van der Waals surface area contributed by atoms with Crippen LogP contribution in [0.25, 0.3) is 44.5 Å². The lowest BCUT2D eigenvalue weighted by Gasteiger charge is -2.46. The second-order valence-electron chi connectivity index (χ2n) is 37.7. The van der Waals surface area contributed by atoms with Crippen molar-refractivity contribution in [2.45, 2.75) is 268 Å². The molecule has 11 heteroatoms. The van der Waals surface area contributed by atoms with E-state index in [0.29, 0.717) is 26.1 Å². The number of ketones is 4. The Balaban J connectivity index is 0.000000192. The van der Waals surface area contributed by atoms with Gasteiger partial charge in [-0.1, -0.05) is 206 Å². The molecule has 0 aromatic heterocycles. The van der Waals surface area contributed by atoms with Crippen molar-refractivity contribution in [1.29, 1.82) is 0 Å². The first-order chi connectivity index (χ1) is 55.5. The molecule has 0 bridgehead atoms. The summed E-state index contributed by atoms with van der Waals surface area (Å²) in [7, 11) is 9.83. The van der Waals surface area contributed by atoms with Gasteiger partial charge >= 0.3 is 0 Å². The van der Waals surface area contributed by atoms with E-state index in [1.54, 1.807) is 7.11 Å². The molecule has 2 saturated heterocycles. The van der Waals surface area contributed by atoms with Crippen molar-refractivity contribution in [3.8, 4) is 50.3 Å². The van der Waals surface area contributed by atoms with Crippen LogP contribution < -0.4 is 4.74 Å². The number of carbonyl (C=O) groups is 4. The van der Waals surface area contributed by atoms with Gasteiger partial charge in [0, 0.05) is 57.0 Å². The number of likely N-dealkylation sites (tertiary alicyclic amines) is 1. The van der Waals surface area contributed by atoms with Gasteiger partial charge in [0.25, 0.3) is 0 Å². The highest BCUT2D eigenvalue weighted by Crippen LogP contribution is 2.65. The van der Waals surface area contributed by atoms with E-state index in [9.17, 15) is 14.7 Å². The quantitative estimate of drug-likeness (QED) is 0.0451. The average molecular weight is 1560 g/mol. The molecule has 2 unspecified atom stereocenters. The number of hydrogen-bond donors (Lipinski definition) is 1. The molecule has 5 aliphatic carbocycles. The Kier molecular flexibility index (Phi) is 24.2. The second kappa shape index (κ2) is 33.3. The molecule has 2 atom stereocenters. The predicted molar refractivity (Wildman–Crippen MR) is 476 cm³/mol. The van der Waals surface area contributed by atoms with E-state index in [4.69, 9.17) is 9.47 Å². The van der Waals surface area contributed by atoms with E-state index >= 15 is 9.59 Å². The van der Waals surface area contributed by atoms with Crippen molar-refractivity contribution >= 4 is 23.1 Å². The number of carbonyl (C=O) groups excluding carboxylic acids is 4. The largest absolute Gasteiger partial charge is 0.497 e. The number of unbranched alkanes of at least 4 members (excludes halogenated alkanes) is 4. The number of rotatable bonds is 29. The maximum absolute atomic E-state index is 15.2. The van der Waals surface area contributed by atoms with Crippen LogP contribution in [0.1, 0.15) is 307 Å². The zero-order chi connectivity index (χ0) is 82.7. The summed E-state index contributed by atoms with van der Waals surface area (Å²) in [4.78, 5) is 68.1. The second-order valence-corrected chi connectivity index (χ2v) is 37.7. The van der Waals surface area contributed by atoms with Gasteiger partial charge in [0.15, 0.2) is 23.1 Å². The van der Waals surface area contributed by atoms with Crippen LogP contribution in [0, 0.1) is 13.8 Å². The van der Waals surface area contributed by atoms with Crippen molar-refractivity contribution in [2.24, 2.45) is 0 Å². The third-order valence-electron chi connectivity index (χ3n) is 30.2. The summed E-state index contributed by atoms with van der Waals surface area (Å²) in [5.41, 5.74) is 23.4. The Labute approximate surface area is 694 Å². The normalized spacial score (nSPS) is 19.9. The van der Waals surface area contributed by atoms with Gasteiger partial charge in [0.2, 0.25) is 0 Å². The highest BCUT2D eigenvalue weighted by atomic mass is 16.5. The van der Waals surface area contributed by atoms with E-state index in [1.165, 1.54) is 107 Å². The maximum atomic E-state index is 15.2. The molecule has 2 spiro atoms. The lowest BCUT2D eigenvalue weighted by Crippen LogP contribution is -2.54. The van der Waals surface area contributed by atoms with Crippen molar-refractivity contribution in [3.05, 3.63) is 229 Å². The number of nitrogens with zero attached hydrogens (tertiary/aromatic N) is 4. The summed E-state index contributed by atoms with van der Waals surface area (Å²) in [6.07, 6.45) is 21.5. The van der Waals surface area contributed by atoms with Crippen molar-refractivity contribution in [3.63, 3.8) is 0 Å². The molecule has 7 aliphatic rings. The summed E-state index contributed by atoms with van der Waals surface area (Å²) in [6, 6.07) is 52.9. The number of ether oxygens (including phenoxy) is 2. The van der Waals surface area contributed by atoms with Gasteiger partial charge in [-0.3, -0.25) is 38.8 Å². The Morgan fingerprint density at radius 2 is 0.724 bits per heavy atom. The van der Waals surface area contributed by atoms with Crippen molar-refractivity contribution < 1.29 is 33.8 Å². The number of methoxy groups -OCH3 is 1. The van der Waals surface area contributed by atoms with Crippen LogP contribution in [-0.4, -0.2) is 145 Å². The van der Waals surface area contributed by atoms with Crippen LogP contribution in [0.4, 0.5) is 0 Å². The minimum absolute atomic E-state index is 0.0183. The molecule has 2 aliphatic heterocycles. The van der Waals surface area contributed by atoms with E-state index < -0.39 is 22.2 Å². The molecule has 3 fully saturated rings. The van der Waals surface area contributed by atoms with Crippen molar-refractivity contribution in [2.75, 3.05) is 74.7 Å². The molecular formula is C105H132N4O7. The Bertz CT molecular complexity index is 4710. The zero-order valence-corrected chi connectivity index (χ0v) is 73.3. The maximum Gasteiger partial charge on any atom is 0.182 e. The number of likely N-dealkylation sites (N-methyl/N-ethyl adjacent to an activating group) is 2. The molecule has 15 rings (SSSR count). The Hall–Kier alpha value is -8.00. The van der Waals surface area contributed by atoms with E-state index in [0.717, 1.165) is 175 Å². The van der Waals surface area contributed by atoms with Crippen LogP contribution in [0.3, 0.4) is 0 Å². The molecule has 11 nitrogen and oxygen atoms in total. The molecule has 0 amide bonds. The third kappa shape index (κ3) is 14.4. The highest BCUT2D eigenvalue weighted by Gasteiger charge is 2.55. The summed E-state index contributed by atoms with van der Waals surface area (Å²) in [6.45, 7) is 30.7. The minimum Gasteiger partial charge on any atom is -0.497 e. The first kappa shape index (κ1) is 84.5. The van der Waals surface area contributed by atoms with Gasteiger partial charge in [0.05, 0.1) is 49.1 Å². The lowest BCUT2D eigenvalue weighted by atomic mass is 9.57. The predicted octanol–water partition coefficient (Wildman–Crippen LogP) is 22.8.